The monoisotopic (exact) mass is 314 g/mol. The van der Waals surface area contributed by atoms with Gasteiger partial charge in [0.25, 0.3) is 11.8 Å². The van der Waals surface area contributed by atoms with Crippen molar-refractivity contribution in [3.8, 4) is 0 Å². The van der Waals surface area contributed by atoms with E-state index in [2.05, 4.69) is 20.6 Å². The summed E-state index contributed by atoms with van der Waals surface area (Å²) >= 11 is 0. The Kier molecular flexibility index (Phi) is 7.32. The SMILES string of the molecule is O=C(NC(CO)CO)c1nccnc1C(=O)NC(CO)CO. The van der Waals surface area contributed by atoms with E-state index in [4.69, 9.17) is 20.4 Å². The average molecular weight is 314 g/mol. The molecule has 0 saturated carbocycles. The largest absolute Gasteiger partial charge is 0.394 e. The minimum Gasteiger partial charge on any atom is -0.394 e. The fourth-order valence-electron chi connectivity index (χ4n) is 1.48. The lowest BCUT2D eigenvalue weighted by atomic mass is 10.2. The van der Waals surface area contributed by atoms with Gasteiger partial charge in [-0.15, -0.1) is 0 Å². The quantitative estimate of drug-likeness (QED) is 0.289. The Morgan fingerprint density at radius 1 is 0.818 bits per heavy atom. The van der Waals surface area contributed by atoms with Gasteiger partial charge in [0.05, 0.1) is 38.5 Å². The Balaban J connectivity index is 2.93. The number of carbonyl (C=O) groups is 2. The summed E-state index contributed by atoms with van der Waals surface area (Å²) in [5.41, 5.74) is -0.608. The van der Waals surface area contributed by atoms with Crippen molar-refractivity contribution in [2.45, 2.75) is 12.1 Å². The van der Waals surface area contributed by atoms with Crippen molar-refractivity contribution in [2.75, 3.05) is 26.4 Å². The molecule has 0 fully saturated rings. The Bertz CT molecular complexity index is 459. The maximum atomic E-state index is 12.0. The summed E-state index contributed by atoms with van der Waals surface area (Å²) in [4.78, 5) is 31.5. The third-order valence-electron chi connectivity index (χ3n) is 2.68. The van der Waals surface area contributed by atoms with Crippen LogP contribution < -0.4 is 10.6 Å². The second kappa shape index (κ2) is 9.00. The van der Waals surface area contributed by atoms with E-state index in [1.54, 1.807) is 0 Å². The molecular formula is C12H18N4O6. The number of amides is 2. The number of aliphatic hydroxyl groups excluding tert-OH is 4. The summed E-state index contributed by atoms with van der Waals surface area (Å²) in [6.07, 6.45) is 2.41. The number of aliphatic hydroxyl groups is 4. The maximum Gasteiger partial charge on any atom is 0.272 e. The molecule has 0 aliphatic carbocycles. The van der Waals surface area contributed by atoms with Crippen molar-refractivity contribution in [3.63, 3.8) is 0 Å². The van der Waals surface area contributed by atoms with Crippen LogP contribution in [0, 0.1) is 0 Å². The molecule has 1 aromatic heterocycles. The number of nitrogens with zero attached hydrogens (tertiary/aromatic N) is 2. The van der Waals surface area contributed by atoms with Gasteiger partial charge >= 0.3 is 0 Å². The van der Waals surface area contributed by atoms with Crippen LogP contribution in [0.25, 0.3) is 0 Å². The molecule has 0 spiro atoms. The average Bonchev–Trinajstić information content (AvgIpc) is 2.56. The van der Waals surface area contributed by atoms with Gasteiger partial charge in [-0.3, -0.25) is 9.59 Å². The van der Waals surface area contributed by atoms with Crippen molar-refractivity contribution in [2.24, 2.45) is 0 Å². The Morgan fingerprint density at radius 3 is 1.41 bits per heavy atom. The van der Waals surface area contributed by atoms with E-state index in [-0.39, 0.29) is 11.4 Å². The van der Waals surface area contributed by atoms with Gasteiger partial charge in [0.2, 0.25) is 0 Å². The van der Waals surface area contributed by atoms with Crippen LogP contribution in [0.15, 0.2) is 12.4 Å². The second-order valence-electron chi connectivity index (χ2n) is 4.32. The highest BCUT2D eigenvalue weighted by atomic mass is 16.3. The molecule has 0 aliphatic rings. The molecule has 10 nitrogen and oxygen atoms in total. The number of hydrogen-bond acceptors (Lipinski definition) is 8. The van der Waals surface area contributed by atoms with Gasteiger partial charge in [-0.2, -0.15) is 0 Å². The molecule has 0 aromatic carbocycles. The van der Waals surface area contributed by atoms with E-state index in [9.17, 15) is 9.59 Å². The van der Waals surface area contributed by atoms with Crippen molar-refractivity contribution < 1.29 is 30.0 Å². The lowest BCUT2D eigenvalue weighted by Gasteiger charge is -2.16. The minimum atomic E-state index is -0.895. The fourth-order valence-corrected chi connectivity index (χ4v) is 1.48. The second-order valence-corrected chi connectivity index (χ2v) is 4.32. The predicted octanol–water partition coefficient (Wildman–Crippen LogP) is -3.36. The molecule has 22 heavy (non-hydrogen) atoms. The van der Waals surface area contributed by atoms with Crippen molar-refractivity contribution in [1.29, 1.82) is 0 Å². The van der Waals surface area contributed by atoms with Gasteiger partial charge in [-0.05, 0) is 0 Å². The summed E-state index contributed by atoms with van der Waals surface area (Å²) < 4.78 is 0. The van der Waals surface area contributed by atoms with Gasteiger partial charge in [0.15, 0.2) is 11.4 Å². The van der Waals surface area contributed by atoms with Crippen molar-refractivity contribution >= 4 is 11.8 Å². The first-order valence-electron chi connectivity index (χ1n) is 6.43. The molecular weight excluding hydrogens is 296 g/mol. The highest BCUT2D eigenvalue weighted by Gasteiger charge is 2.23. The van der Waals surface area contributed by atoms with Crippen LogP contribution in [0.4, 0.5) is 0 Å². The Hall–Kier alpha value is -2.14. The number of aromatic nitrogens is 2. The molecule has 6 N–H and O–H groups in total. The summed E-state index contributed by atoms with van der Waals surface area (Å²) in [7, 11) is 0. The van der Waals surface area contributed by atoms with Gasteiger partial charge in [-0.25, -0.2) is 9.97 Å². The van der Waals surface area contributed by atoms with E-state index in [1.165, 1.54) is 12.4 Å². The van der Waals surface area contributed by atoms with Crippen LogP contribution in [0.1, 0.15) is 21.0 Å². The normalized spacial score (nSPS) is 10.8. The van der Waals surface area contributed by atoms with Crippen LogP contribution in [0.2, 0.25) is 0 Å². The van der Waals surface area contributed by atoms with Gasteiger partial charge < -0.3 is 31.1 Å². The van der Waals surface area contributed by atoms with Crippen LogP contribution in [-0.2, 0) is 0 Å². The summed E-state index contributed by atoms with van der Waals surface area (Å²) in [5, 5.41) is 40.3. The van der Waals surface area contributed by atoms with Crippen molar-refractivity contribution in [1.82, 2.24) is 20.6 Å². The first-order chi connectivity index (χ1) is 10.6. The number of carbonyl (C=O) groups excluding carboxylic acids is 2. The van der Waals surface area contributed by atoms with Gasteiger partial charge in [-0.1, -0.05) is 0 Å². The molecule has 10 heteroatoms. The number of nitrogens with one attached hydrogen (secondary N) is 2. The Morgan fingerprint density at radius 2 is 1.14 bits per heavy atom. The fraction of sp³-hybridized carbons (Fsp3) is 0.500. The van der Waals surface area contributed by atoms with Crippen LogP contribution in [-0.4, -0.2) is 80.7 Å². The zero-order chi connectivity index (χ0) is 16.5. The molecule has 1 heterocycles. The molecule has 0 atom stereocenters. The van der Waals surface area contributed by atoms with Crippen LogP contribution in [0.5, 0.6) is 0 Å². The molecule has 1 aromatic rings. The predicted molar refractivity (Wildman–Crippen MR) is 72.9 cm³/mol. The van der Waals surface area contributed by atoms with Gasteiger partial charge in [0, 0.05) is 12.4 Å². The lowest BCUT2D eigenvalue weighted by molar-refractivity contribution is 0.0839. The zero-order valence-electron chi connectivity index (χ0n) is 11.6. The number of hydrogen-bond donors (Lipinski definition) is 6. The topological polar surface area (TPSA) is 165 Å². The standard InChI is InChI=1S/C12H18N4O6/c17-3-7(4-18)15-11(21)9-10(14-2-1-13-9)12(22)16-8(5-19)6-20/h1-2,7-8,17-20H,3-6H2,(H,15,21)(H,16,22). The summed E-state index contributed by atoms with van der Waals surface area (Å²) in [6, 6.07) is -1.79. The highest BCUT2D eigenvalue weighted by Crippen LogP contribution is 2.03. The van der Waals surface area contributed by atoms with Crippen LogP contribution >= 0.6 is 0 Å². The molecule has 2 amide bonds. The maximum absolute atomic E-state index is 12.0. The molecule has 0 radical (unpaired) electrons. The van der Waals surface area contributed by atoms with Crippen molar-refractivity contribution in [3.05, 3.63) is 23.8 Å². The smallest absolute Gasteiger partial charge is 0.272 e. The van der Waals surface area contributed by atoms with E-state index in [0.29, 0.717) is 0 Å². The van der Waals surface area contributed by atoms with E-state index in [0.717, 1.165) is 0 Å². The van der Waals surface area contributed by atoms with E-state index < -0.39 is 50.3 Å². The molecule has 0 aliphatic heterocycles. The third kappa shape index (κ3) is 4.70. The third-order valence-corrected chi connectivity index (χ3v) is 2.68. The summed E-state index contributed by atoms with van der Waals surface area (Å²) in [5.74, 6) is -1.59. The molecule has 0 unspecified atom stereocenters. The minimum absolute atomic E-state index is 0.304. The Labute approximate surface area is 125 Å². The highest BCUT2D eigenvalue weighted by molar-refractivity contribution is 6.04. The first-order valence-corrected chi connectivity index (χ1v) is 6.43. The zero-order valence-corrected chi connectivity index (χ0v) is 11.6. The molecule has 0 saturated heterocycles. The van der Waals surface area contributed by atoms with E-state index >= 15 is 0 Å². The molecule has 0 bridgehead atoms. The lowest BCUT2D eigenvalue weighted by Crippen LogP contribution is -2.43. The summed E-state index contributed by atoms with van der Waals surface area (Å²) in [6.45, 7) is -1.94. The number of rotatable bonds is 8. The molecule has 122 valence electrons. The molecule has 1 rings (SSSR count). The van der Waals surface area contributed by atoms with E-state index in [1.807, 2.05) is 0 Å². The van der Waals surface area contributed by atoms with Crippen LogP contribution in [0.3, 0.4) is 0 Å². The van der Waals surface area contributed by atoms with Gasteiger partial charge in [0.1, 0.15) is 0 Å². The first kappa shape index (κ1) is 17.9.